The van der Waals surface area contributed by atoms with Gasteiger partial charge in [0.05, 0.1) is 6.54 Å². The molecule has 2 aliphatic heterocycles. The second kappa shape index (κ2) is 3.93. The molecule has 0 aromatic carbocycles. The van der Waals surface area contributed by atoms with Crippen molar-refractivity contribution in [1.29, 1.82) is 0 Å². The van der Waals surface area contributed by atoms with Gasteiger partial charge in [-0.25, -0.2) is 9.69 Å². The number of amides is 2. The molecule has 2 aliphatic rings. The second-order valence-electron chi connectivity index (χ2n) is 6.72. The molecule has 0 radical (unpaired) electrons. The van der Waals surface area contributed by atoms with Crippen molar-refractivity contribution >= 4 is 12.0 Å². The number of carbonyl (C=O) groups is 2. The Balaban J connectivity index is 2.14. The summed E-state index contributed by atoms with van der Waals surface area (Å²) in [5.74, 6) is -1.21. The zero-order valence-corrected chi connectivity index (χ0v) is 12.3. The van der Waals surface area contributed by atoms with Crippen LogP contribution in [0.2, 0.25) is 0 Å². The number of nitrogens with zero attached hydrogens (tertiary/aromatic N) is 1. The van der Waals surface area contributed by atoms with Crippen LogP contribution in [0.3, 0.4) is 0 Å². The van der Waals surface area contributed by atoms with Crippen LogP contribution in [0.1, 0.15) is 41.5 Å². The SMILES string of the molecule is CC(C)(C)OC(=O)N1C[C@]2(C)OC(C)(C)O[C@@H]2C1=O. The van der Waals surface area contributed by atoms with Crippen molar-refractivity contribution < 1.29 is 23.8 Å². The van der Waals surface area contributed by atoms with E-state index in [0.717, 1.165) is 4.90 Å². The van der Waals surface area contributed by atoms with Gasteiger partial charge in [-0.15, -0.1) is 0 Å². The molecule has 0 spiro atoms. The highest BCUT2D eigenvalue weighted by atomic mass is 16.8. The molecule has 2 rings (SSSR count). The first-order valence-corrected chi connectivity index (χ1v) is 6.36. The molecule has 0 bridgehead atoms. The summed E-state index contributed by atoms with van der Waals surface area (Å²) in [5.41, 5.74) is -1.45. The quantitative estimate of drug-likeness (QED) is 0.670. The molecule has 0 saturated carbocycles. The van der Waals surface area contributed by atoms with Gasteiger partial charge in [0.2, 0.25) is 0 Å². The lowest BCUT2D eigenvalue weighted by Gasteiger charge is -2.27. The van der Waals surface area contributed by atoms with Crippen LogP contribution in [0.25, 0.3) is 0 Å². The molecule has 2 fully saturated rings. The van der Waals surface area contributed by atoms with E-state index in [9.17, 15) is 9.59 Å². The summed E-state index contributed by atoms with van der Waals surface area (Å²) in [6.45, 7) is 10.7. The van der Waals surface area contributed by atoms with Gasteiger partial charge in [0.25, 0.3) is 5.91 Å². The zero-order valence-electron chi connectivity index (χ0n) is 12.3. The van der Waals surface area contributed by atoms with E-state index < -0.39 is 35.1 Å². The lowest BCUT2D eigenvalue weighted by molar-refractivity contribution is -0.175. The summed E-state index contributed by atoms with van der Waals surface area (Å²) in [6, 6.07) is 0. The van der Waals surface area contributed by atoms with Crippen molar-refractivity contribution in [3.05, 3.63) is 0 Å². The predicted molar refractivity (Wildman–Crippen MR) is 66.4 cm³/mol. The third-order valence-corrected chi connectivity index (χ3v) is 3.01. The second-order valence-corrected chi connectivity index (χ2v) is 6.72. The van der Waals surface area contributed by atoms with E-state index >= 15 is 0 Å². The van der Waals surface area contributed by atoms with Crippen molar-refractivity contribution in [2.75, 3.05) is 6.54 Å². The van der Waals surface area contributed by atoms with Crippen LogP contribution in [-0.4, -0.2) is 46.5 Å². The van der Waals surface area contributed by atoms with Crippen LogP contribution in [0.4, 0.5) is 4.79 Å². The van der Waals surface area contributed by atoms with Gasteiger partial charge in [0.1, 0.15) is 11.2 Å². The normalized spacial score (nSPS) is 33.5. The maximum atomic E-state index is 12.2. The topological polar surface area (TPSA) is 65.1 Å². The van der Waals surface area contributed by atoms with Crippen LogP contribution in [0, 0.1) is 0 Å². The molecule has 108 valence electrons. The Morgan fingerprint density at radius 3 is 2.42 bits per heavy atom. The highest BCUT2D eigenvalue weighted by molar-refractivity contribution is 5.98. The monoisotopic (exact) mass is 271 g/mol. The first kappa shape index (κ1) is 14.3. The Bertz CT molecular complexity index is 425. The van der Waals surface area contributed by atoms with Crippen molar-refractivity contribution in [1.82, 2.24) is 4.90 Å². The van der Waals surface area contributed by atoms with Crippen LogP contribution in [0.5, 0.6) is 0 Å². The van der Waals surface area contributed by atoms with E-state index in [4.69, 9.17) is 14.2 Å². The zero-order chi connectivity index (χ0) is 14.6. The molecule has 2 atom stereocenters. The number of fused-ring (bicyclic) bond motifs is 1. The summed E-state index contributed by atoms with van der Waals surface area (Å²) in [7, 11) is 0. The average molecular weight is 271 g/mol. The van der Waals surface area contributed by atoms with Crippen LogP contribution < -0.4 is 0 Å². The summed E-state index contributed by atoms with van der Waals surface area (Å²) in [4.78, 5) is 25.3. The van der Waals surface area contributed by atoms with Crippen LogP contribution >= 0.6 is 0 Å². The van der Waals surface area contributed by atoms with Gasteiger partial charge in [-0.2, -0.15) is 0 Å². The van der Waals surface area contributed by atoms with E-state index in [1.165, 1.54) is 0 Å². The van der Waals surface area contributed by atoms with Crippen molar-refractivity contribution in [3.63, 3.8) is 0 Å². The summed E-state index contributed by atoms with van der Waals surface area (Å²) in [6.07, 6.45) is -1.41. The Hall–Kier alpha value is -1.14. The Labute approximate surface area is 113 Å². The Morgan fingerprint density at radius 2 is 1.95 bits per heavy atom. The molecular weight excluding hydrogens is 250 g/mol. The fraction of sp³-hybridized carbons (Fsp3) is 0.846. The number of hydrogen-bond acceptors (Lipinski definition) is 5. The standard InChI is InChI=1S/C13H21NO5/c1-11(2,3)18-10(16)14-7-13(6)8(9(14)15)17-12(4,5)19-13/h8H,7H2,1-6H3/t8-,13+/m1/s1. The highest BCUT2D eigenvalue weighted by Gasteiger charge is 2.62. The van der Waals surface area contributed by atoms with Gasteiger partial charge in [-0.05, 0) is 41.5 Å². The van der Waals surface area contributed by atoms with Gasteiger partial charge in [-0.1, -0.05) is 0 Å². The Kier molecular flexibility index (Phi) is 2.95. The van der Waals surface area contributed by atoms with Crippen molar-refractivity contribution in [2.24, 2.45) is 0 Å². The molecule has 0 aliphatic carbocycles. The lowest BCUT2D eigenvalue weighted by atomic mass is 10.0. The largest absolute Gasteiger partial charge is 0.443 e. The molecule has 2 amide bonds. The summed E-state index contributed by atoms with van der Waals surface area (Å²) in [5, 5.41) is 0. The van der Waals surface area contributed by atoms with Gasteiger partial charge >= 0.3 is 6.09 Å². The molecular formula is C13H21NO5. The molecule has 0 N–H and O–H groups in total. The van der Waals surface area contributed by atoms with Crippen LogP contribution in [-0.2, 0) is 19.0 Å². The minimum absolute atomic E-state index is 0.148. The minimum atomic E-state index is -0.810. The number of rotatable bonds is 0. The maximum Gasteiger partial charge on any atom is 0.417 e. The molecule has 2 heterocycles. The first-order valence-electron chi connectivity index (χ1n) is 6.36. The van der Waals surface area contributed by atoms with Crippen molar-refractivity contribution in [2.45, 2.75) is 64.6 Å². The number of hydrogen-bond donors (Lipinski definition) is 0. The fourth-order valence-electron chi connectivity index (χ4n) is 2.48. The van der Waals surface area contributed by atoms with Gasteiger partial charge in [-0.3, -0.25) is 4.79 Å². The molecule has 6 heteroatoms. The van der Waals surface area contributed by atoms with Gasteiger partial charge < -0.3 is 14.2 Å². The molecule has 2 saturated heterocycles. The lowest BCUT2D eigenvalue weighted by Crippen LogP contribution is -2.42. The molecule has 6 nitrogen and oxygen atoms in total. The molecule has 0 unspecified atom stereocenters. The van der Waals surface area contributed by atoms with E-state index in [1.54, 1.807) is 41.5 Å². The third-order valence-electron chi connectivity index (χ3n) is 3.01. The number of imide groups is 1. The van der Waals surface area contributed by atoms with E-state index in [2.05, 4.69) is 0 Å². The van der Waals surface area contributed by atoms with Gasteiger partial charge in [0, 0.05) is 0 Å². The number of carbonyl (C=O) groups excluding carboxylic acids is 2. The molecule has 0 aromatic heterocycles. The Morgan fingerprint density at radius 1 is 1.37 bits per heavy atom. The van der Waals surface area contributed by atoms with Gasteiger partial charge in [0.15, 0.2) is 11.9 Å². The summed E-state index contributed by atoms with van der Waals surface area (Å²) >= 11 is 0. The minimum Gasteiger partial charge on any atom is -0.443 e. The number of likely N-dealkylation sites (tertiary alicyclic amines) is 1. The van der Waals surface area contributed by atoms with E-state index in [0.29, 0.717) is 0 Å². The summed E-state index contributed by atoms with van der Waals surface area (Å²) < 4.78 is 16.5. The average Bonchev–Trinajstić information content (AvgIpc) is 2.53. The molecule has 19 heavy (non-hydrogen) atoms. The first-order chi connectivity index (χ1) is 8.44. The highest BCUT2D eigenvalue weighted by Crippen LogP contribution is 2.42. The van der Waals surface area contributed by atoms with Crippen molar-refractivity contribution in [3.8, 4) is 0 Å². The maximum absolute atomic E-state index is 12.2. The smallest absolute Gasteiger partial charge is 0.417 e. The predicted octanol–water partition coefficient (Wildman–Crippen LogP) is 1.67. The molecule has 0 aromatic rings. The van der Waals surface area contributed by atoms with Crippen LogP contribution in [0.15, 0.2) is 0 Å². The van der Waals surface area contributed by atoms with E-state index in [1.807, 2.05) is 0 Å². The number of ether oxygens (including phenoxy) is 3. The third kappa shape index (κ3) is 2.60. The van der Waals surface area contributed by atoms with E-state index in [-0.39, 0.29) is 6.54 Å². The fourth-order valence-corrected chi connectivity index (χ4v) is 2.48.